The Kier molecular flexibility index (Phi) is 9.49. The molecule has 0 bridgehead atoms. The molecule has 0 saturated carbocycles. The number of piperidine rings is 1. The van der Waals surface area contributed by atoms with E-state index in [1.807, 2.05) is 0 Å². The van der Waals surface area contributed by atoms with Crippen LogP contribution in [-0.4, -0.2) is 42.5 Å². The van der Waals surface area contributed by atoms with E-state index in [-0.39, 0.29) is 29.9 Å². The lowest BCUT2D eigenvalue weighted by Gasteiger charge is -2.28. The first-order chi connectivity index (χ1) is 19.2. The average Bonchev–Trinajstić information content (AvgIpc) is 2.93. The first kappa shape index (κ1) is 30.3. The number of benzene rings is 2. The van der Waals surface area contributed by atoms with E-state index in [0.29, 0.717) is 23.1 Å². The maximum atomic E-state index is 15.3. The Hall–Kier alpha value is -3.71. The molecule has 2 aromatic carbocycles. The third kappa shape index (κ3) is 6.96. The van der Waals surface area contributed by atoms with Crippen molar-refractivity contribution >= 4 is 28.4 Å². The number of hydrogen-bond donors (Lipinski definition) is 3. The van der Waals surface area contributed by atoms with E-state index in [9.17, 15) is 8.42 Å². The van der Waals surface area contributed by atoms with Gasteiger partial charge in [0.2, 0.25) is 27.7 Å². The van der Waals surface area contributed by atoms with Crippen molar-refractivity contribution < 1.29 is 21.9 Å². The van der Waals surface area contributed by atoms with E-state index in [2.05, 4.69) is 32.5 Å². The fourth-order valence-electron chi connectivity index (χ4n) is 4.80. The van der Waals surface area contributed by atoms with Crippen molar-refractivity contribution in [3.8, 4) is 22.9 Å². The van der Waals surface area contributed by atoms with Gasteiger partial charge in [-0.3, -0.25) is 0 Å². The molecule has 1 unspecified atom stereocenters. The zero-order valence-electron chi connectivity index (χ0n) is 22.0. The highest BCUT2D eigenvalue weighted by molar-refractivity contribution is 7.89. The van der Waals surface area contributed by atoms with E-state index >= 15 is 8.78 Å². The molecular weight excluding hydrogens is 574 g/mol. The second-order valence-corrected chi connectivity index (χ2v) is 11.4. The topological polar surface area (TPSA) is 132 Å². The van der Waals surface area contributed by atoms with Gasteiger partial charge < -0.3 is 15.4 Å². The molecule has 5 rings (SSSR count). The van der Waals surface area contributed by atoms with Gasteiger partial charge in [0, 0.05) is 30.5 Å². The number of pyridine rings is 1. The van der Waals surface area contributed by atoms with Crippen LogP contribution in [0.25, 0.3) is 11.3 Å². The Labute approximate surface area is 243 Å². The number of nitrogens with one attached hydrogen (secondary N) is 2. The number of aromatic nitrogens is 3. The van der Waals surface area contributed by atoms with Gasteiger partial charge in [0.1, 0.15) is 5.25 Å². The summed E-state index contributed by atoms with van der Waals surface area (Å²) in [7, 11) is -4.33. The molecule has 3 atom stereocenters. The summed E-state index contributed by atoms with van der Waals surface area (Å²) >= 11 is 0. The van der Waals surface area contributed by atoms with Gasteiger partial charge in [0.25, 0.3) is 0 Å². The minimum Gasteiger partial charge on any atom is -0.435 e. The van der Waals surface area contributed by atoms with Gasteiger partial charge in [0.05, 0.1) is 11.3 Å². The minimum absolute atomic E-state index is 0. The van der Waals surface area contributed by atoms with Crippen LogP contribution in [0.3, 0.4) is 0 Å². The van der Waals surface area contributed by atoms with Crippen molar-refractivity contribution in [2.75, 3.05) is 18.4 Å². The summed E-state index contributed by atoms with van der Waals surface area (Å²) in [6, 6.07) is 15.3. The summed E-state index contributed by atoms with van der Waals surface area (Å²) in [6.45, 7) is 3.92. The van der Waals surface area contributed by atoms with Crippen LogP contribution in [0.5, 0.6) is 11.6 Å². The van der Waals surface area contributed by atoms with E-state index < -0.39 is 38.2 Å². The molecule has 0 radical (unpaired) electrons. The van der Waals surface area contributed by atoms with Crippen LogP contribution in [0.15, 0.2) is 73.1 Å². The highest BCUT2D eigenvalue weighted by Crippen LogP contribution is 2.37. The van der Waals surface area contributed by atoms with Crippen molar-refractivity contribution in [1.29, 1.82) is 0 Å². The molecule has 0 spiro atoms. The van der Waals surface area contributed by atoms with Crippen LogP contribution in [-0.2, 0) is 10.0 Å². The molecule has 216 valence electrons. The van der Waals surface area contributed by atoms with Crippen molar-refractivity contribution in [3.63, 3.8) is 0 Å². The fraction of sp³-hybridized carbons (Fsp3) is 0.250. The number of sulfonamides is 1. The van der Waals surface area contributed by atoms with Crippen LogP contribution >= 0.6 is 12.4 Å². The summed E-state index contributed by atoms with van der Waals surface area (Å²) in [5.74, 6) is -2.31. The molecule has 3 heterocycles. The van der Waals surface area contributed by atoms with Gasteiger partial charge >= 0.3 is 0 Å². The van der Waals surface area contributed by atoms with Gasteiger partial charge in [-0.25, -0.2) is 32.9 Å². The van der Waals surface area contributed by atoms with E-state index in [4.69, 9.17) is 9.88 Å². The monoisotopic (exact) mass is 602 g/mol. The van der Waals surface area contributed by atoms with Crippen molar-refractivity contribution in [3.05, 3.63) is 95.8 Å². The van der Waals surface area contributed by atoms with Crippen LogP contribution in [0, 0.1) is 17.6 Å². The van der Waals surface area contributed by atoms with Crippen LogP contribution in [0.4, 0.5) is 14.7 Å². The largest absolute Gasteiger partial charge is 0.435 e. The number of rotatable bonds is 8. The Morgan fingerprint density at radius 3 is 2.51 bits per heavy atom. The number of halogens is 3. The van der Waals surface area contributed by atoms with Gasteiger partial charge in [-0.15, -0.1) is 12.4 Å². The molecule has 13 heteroatoms. The molecule has 0 aliphatic carbocycles. The second-order valence-electron chi connectivity index (χ2n) is 9.72. The first-order valence-electron chi connectivity index (χ1n) is 12.7. The minimum atomic E-state index is -4.33. The van der Waals surface area contributed by atoms with Gasteiger partial charge in [0.15, 0.2) is 11.6 Å². The molecule has 1 aliphatic heterocycles. The van der Waals surface area contributed by atoms with Gasteiger partial charge in [-0.2, -0.15) is 4.39 Å². The smallest absolute Gasteiger partial charge is 0.228 e. The zero-order chi connectivity index (χ0) is 28.3. The van der Waals surface area contributed by atoms with Crippen LogP contribution in [0.2, 0.25) is 0 Å². The van der Waals surface area contributed by atoms with Crippen molar-refractivity contribution in [2.24, 2.45) is 11.1 Å². The molecule has 1 fully saturated rings. The Morgan fingerprint density at radius 1 is 1.00 bits per heavy atom. The summed E-state index contributed by atoms with van der Waals surface area (Å²) in [5, 5.41) is 10.5. The van der Waals surface area contributed by atoms with Gasteiger partial charge in [-0.05, 0) is 48.7 Å². The summed E-state index contributed by atoms with van der Waals surface area (Å²) in [4.78, 5) is 13.1. The van der Waals surface area contributed by atoms with Crippen LogP contribution < -0.4 is 20.5 Å². The number of anilines is 1. The number of nitrogens with zero attached hydrogens (tertiary/aromatic N) is 3. The molecule has 41 heavy (non-hydrogen) atoms. The number of ether oxygens (including phenoxy) is 1. The standard InChI is InChI=1S/C28H28F2N6O3S.ClH/c1-17-14-19(16-32-15-17)35-28-34-13-11-22(36-28)20-8-5-12-33-27(20)39-23-10-9-21(24(29)25(23)30)26(40(31,37)38)18-6-3-2-4-7-18;/h2-13,17,19,26,32H,14-16H2,1H3,(H2,31,37,38)(H,34,35,36);1H/t17-,19+,26?;/m1./s1. The third-order valence-corrected chi connectivity index (χ3v) is 7.79. The quantitative estimate of drug-likeness (QED) is 0.262. The molecule has 1 saturated heterocycles. The molecule has 1 aliphatic rings. The normalized spacial score (nSPS) is 17.8. The lowest BCUT2D eigenvalue weighted by Crippen LogP contribution is -2.42. The Bertz CT molecular complexity index is 1610. The number of nitrogens with two attached hydrogens (primary N) is 1. The fourth-order valence-corrected chi connectivity index (χ4v) is 5.87. The zero-order valence-corrected chi connectivity index (χ0v) is 23.6. The molecule has 2 aromatic heterocycles. The van der Waals surface area contributed by atoms with E-state index in [1.165, 1.54) is 18.3 Å². The summed E-state index contributed by atoms with van der Waals surface area (Å²) in [5.41, 5.74) is 0.667. The Balaban J connectivity index is 0.00000387. The van der Waals surface area contributed by atoms with E-state index in [0.717, 1.165) is 31.6 Å². The SMILES string of the molecule is C[C@H]1CNC[C@@H](Nc2nccc(-c3cccnc3Oc3ccc(C(c4ccccc4)S(N)(=O)=O)c(F)c3F)n2)C1.Cl. The lowest BCUT2D eigenvalue weighted by molar-refractivity contribution is 0.377. The molecule has 9 nitrogen and oxygen atoms in total. The predicted molar refractivity (Wildman–Crippen MR) is 154 cm³/mol. The highest BCUT2D eigenvalue weighted by Gasteiger charge is 2.31. The average molecular weight is 603 g/mol. The maximum absolute atomic E-state index is 15.3. The lowest BCUT2D eigenvalue weighted by atomic mass is 9.98. The van der Waals surface area contributed by atoms with E-state index in [1.54, 1.807) is 42.6 Å². The number of primary sulfonamides is 1. The predicted octanol–water partition coefficient (Wildman–Crippen LogP) is 4.82. The number of hydrogen-bond acceptors (Lipinski definition) is 8. The molecule has 4 N–H and O–H groups in total. The van der Waals surface area contributed by atoms with Crippen molar-refractivity contribution in [1.82, 2.24) is 20.3 Å². The highest BCUT2D eigenvalue weighted by atomic mass is 35.5. The summed E-state index contributed by atoms with van der Waals surface area (Å²) in [6.07, 6.45) is 4.01. The van der Waals surface area contributed by atoms with Gasteiger partial charge in [-0.1, -0.05) is 43.3 Å². The second kappa shape index (κ2) is 12.9. The summed E-state index contributed by atoms with van der Waals surface area (Å²) < 4.78 is 61.1. The molecular formula is C28H29ClF2N6O3S. The first-order valence-corrected chi connectivity index (χ1v) is 14.3. The molecule has 0 amide bonds. The third-order valence-electron chi connectivity index (χ3n) is 6.60. The Morgan fingerprint density at radius 2 is 1.78 bits per heavy atom. The van der Waals surface area contributed by atoms with Crippen LogP contribution in [0.1, 0.15) is 29.7 Å². The maximum Gasteiger partial charge on any atom is 0.228 e. The van der Waals surface area contributed by atoms with Crippen molar-refractivity contribution in [2.45, 2.75) is 24.6 Å². The molecule has 4 aromatic rings.